The molecule has 1 unspecified atom stereocenters. The number of rotatable bonds is 3. The minimum absolute atomic E-state index is 0.0656. The van der Waals surface area contributed by atoms with Crippen LogP contribution in [-0.2, 0) is 4.79 Å². The number of carbonyl (C=O) groups excluding carboxylic acids is 2. The molecule has 2 aromatic rings. The van der Waals surface area contributed by atoms with E-state index >= 15 is 0 Å². The van der Waals surface area contributed by atoms with E-state index in [1.165, 1.54) is 0 Å². The summed E-state index contributed by atoms with van der Waals surface area (Å²) in [5.74, 6) is -0.425. The van der Waals surface area contributed by atoms with Crippen LogP contribution in [0.1, 0.15) is 36.0 Å². The number of aromatic nitrogens is 1. The van der Waals surface area contributed by atoms with Crippen LogP contribution in [0.15, 0.2) is 36.5 Å². The lowest BCUT2D eigenvalue weighted by Gasteiger charge is -2.35. The topological polar surface area (TPSA) is 76.3 Å². The van der Waals surface area contributed by atoms with Gasteiger partial charge in [-0.05, 0) is 31.4 Å². The summed E-state index contributed by atoms with van der Waals surface area (Å²) in [6, 6.07) is 9.47. The van der Waals surface area contributed by atoms with Crippen molar-refractivity contribution >= 4 is 22.7 Å². The molecule has 5 nitrogen and oxygen atoms in total. The first kappa shape index (κ1) is 14.5. The van der Waals surface area contributed by atoms with E-state index in [9.17, 15) is 9.59 Å². The van der Waals surface area contributed by atoms with Gasteiger partial charge >= 0.3 is 0 Å². The molecule has 2 heterocycles. The second kappa shape index (κ2) is 6.13. The van der Waals surface area contributed by atoms with Crippen LogP contribution in [0.2, 0.25) is 0 Å². The number of benzene rings is 1. The van der Waals surface area contributed by atoms with Crippen LogP contribution < -0.4 is 5.73 Å². The van der Waals surface area contributed by atoms with Gasteiger partial charge in [-0.25, -0.2) is 0 Å². The standard InChI is InChI=1S/C17H19N3O2/c18-16(21)10-14-6-3-4-8-20(14)17(22)13-9-12-5-1-2-7-15(12)19-11-13/h1-2,5,7,9,11,14H,3-4,6,8,10H2,(H2,18,21). The maximum absolute atomic E-state index is 12.8. The number of para-hydroxylation sites is 1. The third-order valence-corrected chi connectivity index (χ3v) is 4.16. The van der Waals surface area contributed by atoms with Gasteiger partial charge in [0.05, 0.1) is 11.1 Å². The van der Waals surface area contributed by atoms with Crippen molar-refractivity contribution < 1.29 is 9.59 Å². The number of amides is 2. The molecule has 1 aromatic heterocycles. The van der Waals surface area contributed by atoms with E-state index in [4.69, 9.17) is 5.73 Å². The molecule has 2 amide bonds. The fourth-order valence-electron chi connectivity index (χ4n) is 3.07. The zero-order valence-corrected chi connectivity index (χ0v) is 12.4. The van der Waals surface area contributed by atoms with Gasteiger partial charge in [0.15, 0.2) is 0 Å². The summed E-state index contributed by atoms with van der Waals surface area (Å²) >= 11 is 0. The van der Waals surface area contributed by atoms with E-state index in [0.717, 1.165) is 30.2 Å². The van der Waals surface area contributed by atoms with Gasteiger partial charge in [-0.2, -0.15) is 0 Å². The second-order valence-corrected chi connectivity index (χ2v) is 5.74. The average Bonchev–Trinajstić information content (AvgIpc) is 2.54. The lowest BCUT2D eigenvalue weighted by Crippen LogP contribution is -2.45. The van der Waals surface area contributed by atoms with Gasteiger partial charge in [-0.1, -0.05) is 18.2 Å². The highest BCUT2D eigenvalue weighted by Gasteiger charge is 2.28. The number of hydrogen-bond donors (Lipinski definition) is 1. The molecule has 0 saturated carbocycles. The maximum Gasteiger partial charge on any atom is 0.255 e. The number of likely N-dealkylation sites (tertiary alicyclic amines) is 1. The minimum atomic E-state index is -0.360. The summed E-state index contributed by atoms with van der Waals surface area (Å²) in [5.41, 5.74) is 6.74. The molecular weight excluding hydrogens is 278 g/mol. The number of piperidine rings is 1. The quantitative estimate of drug-likeness (QED) is 0.942. The van der Waals surface area contributed by atoms with E-state index < -0.39 is 0 Å². The number of nitrogens with two attached hydrogens (primary N) is 1. The lowest BCUT2D eigenvalue weighted by molar-refractivity contribution is -0.119. The van der Waals surface area contributed by atoms with Gasteiger partial charge in [0, 0.05) is 30.6 Å². The molecule has 1 fully saturated rings. The molecule has 2 N–H and O–H groups in total. The molecule has 5 heteroatoms. The van der Waals surface area contributed by atoms with Crippen LogP contribution in [0, 0.1) is 0 Å². The van der Waals surface area contributed by atoms with Crippen molar-refractivity contribution in [3.8, 4) is 0 Å². The number of nitrogens with zero attached hydrogens (tertiary/aromatic N) is 2. The molecule has 1 aromatic carbocycles. The van der Waals surface area contributed by atoms with Crippen molar-refractivity contribution in [3.63, 3.8) is 0 Å². The Labute approximate surface area is 129 Å². The molecule has 1 aliphatic heterocycles. The fourth-order valence-corrected chi connectivity index (χ4v) is 3.07. The second-order valence-electron chi connectivity index (χ2n) is 5.74. The van der Waals surface area contributed by atoms with E-state index in [1.807, 2.05) is 30.3 Å². The van der Waals surface area contributed by atoms with Crippen molar-refractivity contribution in [2.75, 3.05) is 6.54 Å². The van der Waals surface area contributed by atoms with Crippen molar-refractivity contribution in [2.45, 2.75) is 31.7 Å². The van der Waals surface area contributed by atoms with E-state index in [1.54, 1.807) is 11.1 Å². The van der Waals surface area contributed by atoms with Crippen molar-refractivity contribution in [1.29, 1.82) is 0 Å². The van der Waals surface area contributed by atoms with Gasteiger partial charge < -0.3 is 10.6 Å². The Kier molecular flexibility index (Phi) is 4.04. The maximum atomic E-state index is 12.8. The van der Waals surface area contributed by atoms with Gasteiger partial charge in [0.1, 0.15) is 0 Å². The first-order valence-electron chi connectivity index (χ1n) is 7.59. The molecule has 1 atom stereocenters. The molecule has 0 spiro atoms. The largest absolute Gasteiger partial charge is 0.370 e. The van der Waals surface area contributed by atoms with Crippen molar-refractivity contribution in [2.24, 2.45) is 5.73 Å². The summed E-state index contributed by atoms with van der Waals surface area (Å²) in [6.07, 6.45) is 4.66. The van der Waals surface area contributed by atoms with Crippen LogP contribution >= 0.6 is 0 Å². The molecule has 0 radical (unpaired) electrons. The van der Waals surface area contributed by atoms with Gasteiger partial charge in [-0.15, -0.1) is 0 Å². The summed E-state index contributed by atoms with van der Waals surface area (Å²) < 4.78 is 0. The summed E-state index contributed by atoms with van der Waals surface area (Å²) in [6.45, 7) is 0.670. The monoisotopic (exact) mass is 297 g/mol. The minimum Gasteiger partial charge on any atom is -0.370 e. The van der Waals surface area contributed by atoms with Crippen molar-refractivity contribution in [3.05, 3.63) is 42.1 Å². The van der Waals surface area contributed by atoms with E-state index in [-0.39, 0.29) is 24.3 Å². The van der Waals surface area contributed by atoms with Crippen LogP contribution in [0.3, 0.4) is 0 Å². The van der Waals surface area contributed by atoms with E-state index in [0.29, 0.717) is 12.1 Å². The summed E-state index contributed by atoms with van der Waals surface area (Å²) in [4.78, 5) is 30.1. The van der Waals surface area contributed by atoms with Gasteiger partial charge in [0.2, 0.25) is 5.91 Å². The molecule has 3 rings (SSSR count). The Hall–Kier alpha value is -2.43. The third kappa shape index (κ3) is 2.93. The third-order valence-electron chi connectivity index (χ3n) is 4.16. The number of carbonyl (C=O) groups is 2. The molecule has 1 aliphatic rings. The SMILES string of the molecule is NC(=O)CC1CCCCN1C(=O)c1cnc2ccccc2c1. The molecular formula is C17H19N3O2. The van der Waals surface area contributed by atoms with Crippen LogP contribution in [0.4, 0.5) is 0 Å². The molecule has 1 saturated heterocycles. The predicted octanol–water partition coefficient (Wildman–Crippen LogP) is 2.10. The Morgan fingerprint density at radius 2 is 2.09 bits per heavy atom. The number of hydrogen-bond acceptors (Lipinski definition) is 3. The normalized spacial score (nSPS) is 18.4. The zero-order chi connectivity index (χ0) is 15.5. The zero-order valence-electron chi connectivity index (χ0n) is 12.4. The Balaban J connectivity index is 1.87. The highest BCUT2D eigenvalue weighted by atomic mass is 16.2. The first-order chi connectivity index (χ1) is 10.6. The molecule has 0 aliphatic carbocycles. The van der Waals surface area contributed by atoms with Gasteiger partial charge in [-0.3, -0.25) is 14.6 Å². The Morgan fingerprint density at radius 3 is 2.91 bits per heavy atom. The average molecular weight is 297 g/mol. The van der Waals surface area contributed by atoms with Crippen molar-refractivity contribution in [1.82, 2.24) is 9.88 Å². The van der Waals surface area contributed by atoms with Crippen LogP contribution in [0.25, 0.3) is 10.9 Å². The van der Waals surface area contributed by atoms with Crippen LogP contribution in [0.5, 0.6) is 0 Å². The van der Waals surface area contributed by atoms with E-state index in [2.05, 4.69) is 4.98 Å². The Morgan fingerprint density at radius 1 is 1.27 bits per heavy atom. The fraction of sp³-hybridized carbons (Fsp3) is 0.353. The smallest absolute Gasteiger partial charge is 0.255 e. The number of pyridine rings is 1. The lowest BCUT2D eigenvalue weighted by atomic mass is 9.98. The molecule has 22 heavy (non-hydrogen) atoms. The predicted molar refractivity (Wildman–Crippen MR) is 84.2 cm³/mol. The number of fused-ring (bicyclic) bond motifs is 1. The molecule has 114 valence electrons. The van der Waals surface area contributed by atoms with Crippen LogP contribution in [-0.4, -0.2) is 34.3 Å². The summed E-state index contributed by atoms with van der Waals surface area (Å²) in [7, 11) is 0. The first-order valence-corrected chi connectivity index (χ1v) is 7.59. The number of primary amides is 1. The van der Waals surface area contributed by atoms with Gasteiger partial charge in [0.25, 0.3) is 5.91 Å². The summed E-state index contributed by atoms with van der Waals surface area (Å²) in [5, 5.41) is 0.941. The Bertz CT molecular complexity index is 714. The highest BCUT2D eigenvalue weighted by Crippen LogP contribution is 2.23. The molecule has 0 bridgehead atoms. The highest BCUT2D eigenvalue weighted by molar-refractivity contribution is 5.97.